The molecule has 2 heterocycles. The maximum Gasteiger partial charge on any atom is 0.185 e. The number of fused-ring (bicyclic) bond motifs is 1. The Kier molecular flexibility index (Phi) is 4.66. The van der Waals surface area contributed by atoms with Gasteiger partial charge in [0.15, 0.2) is 5.13 Å². The molecule has 0 radical (unpaired) electrons. The monoisotopic (exact) mass is 393 g/mol. The lowest BCUT2D eigenvalue weighted by atomic mass is 10.1. The molecule has 23 heavy (non-hydrogen) atoms. The summed E-state index contributed by atoms with van der Waals surface area (Å²) in [7, 11) is 0. The topological polar surface area (TPSA) is 37.4 Å². The van der Waals surface area contributed by atoms with Gasteiger partial charge in [0.1, 0.15) is 0 Å². The molecule has 4 nitrogen and oxygen atoms in total. The van der Waals surface area contributed by atoms with Crippen LogP contribution in [0.1, 0.15) is 28.5 Å². The third kappa shape index (κ3) is 3.31. The van der Waals surface area contributed by atoms with Gasteiger partial charge >= 0.3 is 0 Å². The summed E-state index contributed by atoms with van der Waals surface area (Å²) < 4.78 is 6.65. The van der Waals surface area contributed by atoms with Crippen LogP contribution in [-0.2, 0) is 17.7 Å². The number of aromatic nitrogens is 1. The summed E-state index contributed by atoms with van der Waals surface area (Å²) in [5, 5.41) is 4.83. The maximum absolute atomic E-state index is 5.40. The molecular weight excluding hydrogens is 374 g/mol. The molecular formula is C17H20BrN3OS. The predicted molar refractivity (Wildman–Crippen MR) is 97.2 cm³/mol. The van der Waals surface area contributed by atoms with Crippen molar-refractivity contribution < 1.29 is 4.74 Å². The minimum Gasteiger partial charge on any atom is -0.378 e. The zero-order valence-corrected chi connectivity index (χ0v) is 15.3. The smallest absolute Gasteiger partial charge is 0.185 e. The Hall–Kier alpha value is -0.950. The molecule has 1 unspecified atom stereocenters. The first-order valence-electron chi connectivity index (χ1n) is 8.09. The summed E-state index contributed by atoms with van der Waals surface area (Å²) in [6.45, 7) is 4.40. The zero-order chi connectivity index (χ0) is 15.6. The van der Waals surface area contributed by atoms with Gasteiger partial charge in [0.05, 0.1) is 13.2 Å². The highest BCUT2D eigenvalue weighted by Gasteiger charge is 2.23. The number of hydrogen-bond acceptors (Lipinski definition) is 5. The van der Waals surface area contributed by atoms with E-state index in [1.165, 1.54) is 26.9 Å². The second kappa shape index (κ2) is 6.89. The lowest BCUT2D eigenvalue weighted by Gasteiger charge is -2.26. The quantitative estimate of drug-likeness (QED) is 0.861. The number of nitrogens with one attached hydrogen (secondary N) is 1. The summed E-state index contributed by atoms with van der Waals surface area (Å²) >= 11 is 5.46. The molecule has 122 valence electrons. The van der Waals surface area contributed by atoms with Gasteiger partial charge in [-0.3, -0.25) is 0 Å². The molecule has 1 aromatic heterocycles. The Labute approximate surface area is 149 Å². The number of halogens is 1. The van der Waals surface area contributed by atoms with Gasteiger partial charge in [0, 0.05) is 41.2 Å². The van der Waals surface area contributed by atoms with E-state index < -0.39 is 0 Å². The molecule has 1 N–H and O–H groups in total. The molecule has 4 rings (SSSR count). The molecule has 1 aliphatic heterocycles. The zero-order valence-electron chi connectivity index (χ0n) is 12.9. The molecule has 0 amide bonds. The third-order valence-corrected chi connectivity index (χ3v) is 6.36. The number of benzene rings is 1. The van der Waals surface area contributed by atoms with Crippen molar-refractivity contribution >= 4 is 32.4 Å². The van der Waals surface area contributed by atoms with Gasteiger partial charge in [-0.1, -0.05) is 28.1 Å². The van der Waals surface area contributed by atoms with E-state index in [9.17, 15) is 0 Å². The predicted octanol–water partition coefficient (Wildman–Crippen LogP) is 3.52. The molecule has 1 fully saturated rings. The molecule has 0 bridgehead atoms. The molecule has 1 aromatic carbocycles. The Morgan fingerprint density at radius 2 is 2.22 bits per heavy atom. The number of thiazole rings is 1. The van der Waals surface area contributed by atoms with E-state index in [1.807, 2.05) is 6.20 Å². The van der Waals surface area contributed by atoms with Gasteiger partial charge in [-0.15, -0.1) is 11.3 Å². The van der Waals surface area contributed by atoms with Crippen molar-refractivity contribution in [3.63, 3.8) is 0 Å². The van der Waals surface area contributed by atoms with E-state index in [-0.39, 0.29) is 0 Å². The molecule has 2 aliphatic rings. The second-order valence-electron chi connectivity index (χ2n) is 5.99. The summed E-state index contributed by atoms with van der Waals surface area (Å²) in [4.78, 5) is 8.20. The first kappa shape index (κ1) is 15.6. The van der Waals surface area contributed by atoms with Crippen LogP contribution in [0.4, 0.5) is 5.13 Å². The highest BCUT2D eigenvalue weighted by Crippen LogP contribution is 2.36. The van der Waals surface area contributed by atoms with Crippen molar-refractivity contribution in [1.82, 2.24) is 10.3 Å². The Balaban J connectivity index is 1.39. The average Bonchev–Trinajstić information content (AvgIpc) is 3.21. The van der Waals surface area contributed by atoms with Crippen LogP contribution in [0, 0.1) is 0 Å². The Bertz CT molecular complexity index is 684. The highest BCUT2D eigenvalue weighted by molar-refractivity contribution is 9.10. The van der Waals surface area contributed by atoms with E-state index >= 15 is 0 Å². The van der Waals surface area contributed by atoms with Crippen LogP contribution in [0.5, 0.6) is 0 Å². The second-order valence-corrected chi connectivity index (χ2v) is 7.94. The standard InChI is InChI=1S/C17H20BrN3OS/c18-15-3-1-2-14-13(15)4-5-16(14)19-10-12-11-20-17(23-12)21-6-8-22-9-7-21/h1-3,11,16,19H,4-10H2. The number of morpholine rings is 1. The van der Waals surface area contributed by atoms with E-state index in [2.05, 4.69) is 49.3 Å². The molecule has 1 saturated heterocycles. The molecule has 1 atom stereocenters. The first-order chi connectivity index (χ1) is 11.3. The average molecular weight is 394 g/mol. The maximum atomic E-state index is 5.40. The minimum absolute atomic E-state index is 0.455. The largest absolute Gasteiger partial charge is 0.378 e. The van der Waals surface area contributed by atoms with Crippen LogP contribution in [-0.4, -0.2) is 31.3 Å². The number of hydrogen-bond donors (Lipinski definition) is 1. The van der Waals surface area contributed by atoms with Crippen LogP contribution in [0.25, 0.3) is 0 Å². The van der Waals surface area contributed by atoms with Crippen LogP contribution in [0.2, 0.25) is 0 Å². The fourth-order valence-corrected chi connectivity index (χ4v) is 4.82. The van der Waals surface area contributed by atoms with Gasteiger partial charge in [-0.25, -0.2) is 4.98 Å². The third-order valence-electron chi connectivity index (χ3n) is 4.56. The van der Waals surface area contributed by atoms with Crippen molar-refractivity contribution in [2.24, 2.45) is 0 Å². The van der Waals surface area contributed by atoms with Crippen molar-refractivity contribution in [3.05, 3.63) is 44.9 Å². The summed E-state index contributed by atoms with van der Waals surface area (Å²) in [6, 6.07) is 6.97. The van der Waals surface area contributed by atoms with Crippen LogP contribution < -0.4 is 10.2 Å². The van der Waals surface area contributed by atoms with Crippen molar-refractivity contribution in [2.45, 2.75) is 25.4 Å². The van der Waals surface area contributed by atoms with Crippen molar-refractivity contribution in [2.75, 3.05) is 31.2 Å². The Morgan fingerprint density at radius 3 is 3.09 bits per heavy atom. The molecule has 1 aliphatic carbocycles. The molecule has 0 spiro atoms. The fourth-order valence-electron chi connectivity index (χ4n) is 3.33. The van der Waals surface area contributed by atoms with Gasteiger partial charge in [0.25, 0.3) is 0 Å². The molecule has 6 heteroatoms. The van der Waals surface area contributed by atoms with Gasteiger partial charge in [-0.2, -0.15) is 0 Å². The van der Waals surface area contributed by atoms with Gasteiger partial charge in [-0.05, 0) is 30.0 Å². The lowest BCUT2D eigenvalue weighted by molar-refractivity contribution is 0.122. The van der Waals surface area contributed by atoms with Crippen molar-refractivity contribution in [3.8, 4) is 0 Å². The highest BCUT2D eigenvalue weighted by atomic mass is 79.9. The van der Waals surface area contributed by atoms with E-state index in [1.54, 1.807) is 11.3 Å². The summed E-state index contributed by atoms with van der Waals surface area (Å²) in [6.07, 6.45) is 4.34. The number of nitrogens with zero attached hydrogens (tertiary/aromatic N) is 2. The number of rotatable bonds is 4. The molecule has 2 aromatic rings. The lowest BCUT2D eigenvalue weighted by Crippen LogP contribution is -2.36. The number of ether oxygens (including phenoxy) is 1. The fraction of sp³-hybridized carbons (Fsp3) is 0.471. The first-order valence-corrected chi connectivity index (χ1v) is 9.70. The van der Waals surface area contributed by atoms with Crippen LogP contribution in [0.3, 0.4) is 0 Å². The van der Waals surface area contributed by atoms with Gasteiger partial charge < -0.3 is 15.0 Å². The van der Waals surface area contributed by atoms with Crippen LogP contribution >= 0.6 is 27.3 Å². The van der Waals surface area contributed by atoms with E-state index in [0.29, 0.717) is 6.04 Å². The SMILES string of the molecule is Brc1cccc2c1CCC2NCc1cnc(N2CCOCC2)s1. The number of anilines is 1. The normalized spacial score (nSPS) is 20.7. The summed E-state index contributed by atoms with van der Waals surface area (Å²) in [5.74, 6) is 0. The van der Waals surface area contributed by atoms with E-state index in [4.69, 9.17) is 4.74 Å². The molecule has 0 saturated carbocycles. The van der Waals surface area contributed by atoms with Crippen LogP contribution in [0.15, 0.2) is 28.9 Å². The van der Waals surface area contributed by atoms with Gasteiger partial charge in [0.2, 0.25) is 0 Å². The van der Waals surface area contributed by atoms with E-state index in [0.717, 1.165) is 44.4 Å². The summed E-state index contributed by atoms with van der Waals surface area (Å²) in [5.41, 5.74) is 2.90. The Morgan fingerprint density at radius 1 is 1.35 bits per heavy atom. The van der Waals surface area contributed by atoms with Crippen molar-refractivity contribution in [1.29, 1.82) is 0 Å². The minimum atomic E-state index is 0.455.